The molecule has 1 amide bonds. The van der Waals surface area contributed by atoms with E-state index in [0.29, 0.717) is 11.1 Å². The third-order valence-corrected chi connectivity index (χ3v) is 2.45. The Balaban J connectivity index is 2.91. The van der Waals surface area contributed by atoms with Crippen molar-refractivity contribution in [2.75, 3.05) is 32.9 Å². The summed E-state index contributed by atoms with van der Waals surface area (Å²) in [6, 6.07) is 6.70. The number of amides is 1. The van der Waals surface area contributed by atoms with Crippen LogP contribution in [0.25, 0.3) is 0 Å². The number of carbonyl (C=O) groups excluding carboxylic acids is 1. The Bertz CT molecular complexity index is 470. The molecule has 0 radical (unpaired) electrons. The Morgan fingerprint density at radius 2 is 1.84 bits per heavy atom. The van der Waals surface area contributed by atoms with E-state index in [-0.39, 0.29) is 38.8 Å². The molecule has 0 saturated carbocycles. The van der Waals surface area contributed by atoms with Crippen LogP contribution in [0.4, 0.5) is 0 Å². The average molecular weight is 263 g/mol. The van der Waals surface area contributed by atoms with Crippen LogP contribution in [0.3, 0.4) is 0 Å². The second-order valence-electron chi connectivity index (χ2n) is 3.78. The first-order chi connectivity index (χ1) is 9.22. The van der Waals surface area contributed by atoms with Gasteiger partial charge in [-0.1, -0.05) is 17.9 Å². The van der Waals surface area contributed by atoms with E-state index in [4.69, 9.17) is 15.3 Å². The maximum absolute atomic E-state index is 12.2. The molecule has 0 aromatic heterocycles. The van der Waals surface area contributed by atoms with Crippen LogP contribution in [-0.2, 0) is 0 Å². The highest BCUT2D eigenvalue weighted by atomic mass is 16.3. The maximum Gasteiger partial charge on any atom is 0.254 e. The standard InChI is InChI=1S/C14H17NO4/c16-8-2-4-12-3-1-5-13(11-12)14(19)15(6-9-17)7-10-18/h1,3,5,11,16-18H,6-10H2. The van der Waals surface area contributed by atoms with Crippen molar-refractivity contribution in [3.05, 3.63) is 35.4 Å². The topological polar surface area (TPSA) is 81.0 Å². The van der Waals surface area contributed by atoms with Gasteiger partial charge in [0.2, 0.25) is 0 Å². The molecule has 19 heavy (non-hydrogen) atoms. The van der Waals surface area contributed by atoms with Gasteiger partial charge in [-0.3, -0.25) is 4.79 Å². The van der Waals surface area contributed by atoms with Crippen LogP contribution in [0.15, 0.2) is 24.3 Å². The van der Waals surface area contributed by atoms with E-state index in [1.165, 1.54) is 4.90 Å². The van der Waals surface area contributed by atoms with Crippen molar-refractivity contribution in [1.29, 1.82) is 0 Å². The average Bonchev–Trinajstić information content (AvgIpc) is 2.44. The fourth-order valence-electron chi connectivity index (χ4n) is 1.61. The number of aliphatic hydroxyl groups is 3. The van der Waals surface area contributed by atoms with Crippen molar-refractivity contribution >= 4 is 5.91 Å². The minimum absolute atomic E-state index is 0.157. The minimum atomic E-state index is -0.268. The predicted molar refractivity (Wildman–Crippen MR) is 70.5 cm³/mol. The van der Waals surface area contributed by atoms with Gasteiger partial charge in [-0.15, -0.1) is 0 Å². The summed E-state index contributed by atoms with van der Waals surface area (Å²) in [4.78, 5) is 13.5. The number of rotatable bonds is 5. The van der Waals surface area contributed by atoms with Crippen LogP contribution in [-0.4, -0.2) is 59.0 Å². The summed E-state index contributed by atoms with van der Waals surface area (Å²) >= 11 is 0. The molecule has 102 valence electrons. The molecule has 1 aromatic rings. The number of hydrogen-bond donors (Lipinski definition) is 3. The first-order valence-electron chi connectivity index (χ1n) is 5.93. The summed E-state index contributed by atoms with van der Waals surface area (Å²) < 4.78 is 0. The van der Waals surface area contributed by atoms with Crippen LogP contribution in [0.1, 0.15) is 15.9 Å². The number of aliphatic hydroxyl groups excluding tert-OH is 3. The molecule has 1 aromatic carbocycles. The van der Waals surface area contributed by atoms with E-state index >= 15 is 0 Å². The Hall–Kier alpha value is -1.87. The first-order valence-corrected chi connectivity index (χ1v) is 5.93. The molecule has 5 nitrogen and oxygen atoms in total. The van der Waals surface area contributed by atoms with Gasteiger partial charge in [0.15, 0.2) is 0 Å². The third kappa shape index (κ3) is 4.72. The molecular formula is C14H17NO4. The molecule has 0 unspecified atom stereocenters. The van der Waals surface area contributed by atoms with E-state index < -0.39 is 0 Å². The zero-order chi connectivity index (χ0) is 14.1. The largest absolute Gasteiger partial charge is 0.395 e. The highest BCUT2D eigenvalue weighted by molar-refractivity contribution is 5.94. The molecular weight excluding hydrogens is 246 g/mol. The fraction of sp³-hybridized carbons (Fsp3) is 0.357. The van der Waals surface area contributed by atoms with Gasteiger partial charge in [0, 0.05) is 24.2 Å². The summed E-state index contributed by atoms with van der Waals surface area (Å²) in [6.45, 7) is -0.206. The molecule has 5 heteroatoms. The molecule has 0 fully saturated rings. The van der Waals surface area contributed by atoms with Crippen LogP contribution < -0.4 is 0 Å². The number of hydrogen-bond acceptors (Lipinski definition) is 4. The Morgan fingerprint density at radius 1 is 1.16 bits per heavy atom. The molecule has 0 aliphatic carbocycles. The molecule has 0 bridgehead atoms. The monoisotopic (exact) mass is 263 g/mol. The third-order valence-electron chi connectivity index (χ3n) is 2.45. The Morgan fingerprint density at radius 3 is 2.42 bits per heavy atom. The van der Waals surface area contributed by atoms with Gasteiger partial charge in [0.05, 0.1) is 13.2 Å². The summed E-state index contributed by atoms with van der Waals surface area (Å²) in [5.41, 5.74) is 1.07. The SMILES string of the molecule is O=C(c1cccc(C#CCO)c1)N(CCO)CCO. The zero-order valence-electron chi connectivity index (χ0n) is 10.5. The van der Waals surface area contributed by atoms with Gasteiger partial charge >= 0.3 is 0 Å². The summed E-state index contributed by atoms with van der Waals surface area (Å²) in [5, 5.41) is 26.4. The van der Waals surface area contributed by atoms with Crippen LogP contribution in [0, 0.1) is 11.8 Å². The van der Waals surface area contributed by atoms with Crippen molar-refractivity contribution in [3.63, 3.8) is 0 Å². The number of carbonyl (C=O) groups is 1. The number of benzene rings is 1. The molecule has 3 N–H and O–H groups in total. The molecule has 0 aliphatic heterocycles. The molecule has 0 heterocycles. The van der Waals surface area contributed by atoms with Gasteiger partial charge < -0.3 is 20.2 Å². The lowest BCUT2D eigenvalue weighted by Gasteiger charge is -2.20. The van der Waals surface area contributed by atoms with Gasteiger partial charge in [0.1, 0.15) is 6.61 Å². The second-order valence-corrected chi connectivity index (χ2v) is 3.78. The summed E-state index contributed by atoms with van der Waals surface area (Å²) in [6.07, 6.45) is 0. The van der Waals surface area contributed by atoms with E-state index in [0.717, 1.165) is 0 Å². The van der Waals surface area contributed by atoms with E-state index in [1.807, 2.05) is 0 Å². The lowest BCUT2D eigenvalue weighted by atomic mass is 10.1. The lowest BCUT2D eigenvalue weighted by Crippen LogP contribution is -2.35. The van der Waals surface area contributed by atoms with Crippen molar-refractivity contribution in [2.24, 2.45) is 0 Å². The van der Waals surface area contributed by atoms with Gasteiger partial charge in [-0.2, -0.15) is 0 Å². The van der Waals surface area contributed by atoms with E-state index in [2.05, 4.69) is 11.8 Å². The molecule has 1 rings (SSSR count). The van der Waals surface area contributed by atoms with E-state index in [9.17, 15) is 4.79 Å². The predicted octanol–water partition coefficient (Wildman–Crippen LogP) is -0.543. The van der Waals surface area contributed by atoms with Gasteiger partial charge in [0.25, 0.3) is 5.91 Å². The maximum atomic E-state index is 12.2. The minimum Gasteiger partial charge on any atom is -0.395 e. The normalized spacial score (nSPS) is 9.63. The van der Waals surface area contributed by atoms with Crippen molar-refractivity contribution in [3.8, 4) is 11.8 Å². The second kappa shape index (κ2) is 8.27. The molecule has 0 aliphatic rings. The van der Waals surface area contributed by atoms with E-state index in [1.54, 1.807) is 24.3 Å². The first kappa shape index (κ1) is 15.2. The Labute approximate surface area is 112 Å². The van der Waals surface area contributed by atoms with Gasteiger partial charge in [-0.25, -0.2) is 0 Å². The van der Waals surface area contributed by atoms with Crippen LogP contribution in [0.2, 0.25) is 0 Å². The Kier molecular flexibility index (Phi) is 6.61. The highest BCUT2D eigenvalue weighted by Crippen LogP contribution is 2.08. The van der Waals surface area contributed by atoms with Crippen molar-refractivity contribution < 1.29 is 20.1 Å². The summed E-state index contributed by atoms with van der Waals surface area (Å²) in [5.74, 6) is 4.97. The molecule has 0 spiro atoms. The van der Waals surface area contributed by atoms with Gasteiger partial charge in [-0.05, 0) is 18.2 Å². The molecule has 0 atom stereocenters. The van der Waals surface area contributed by atoms with Crippen molar-refractivity contribution in [1.82, 2.24) is 4.90 Å². The smallest absolute Gasteiger partial charge is 0.254 e. The highest BCUT2D eigenvalue weighted by Gasteiger charge is 2.14. The van der Waals surface area contributed by atoms with Crippen LogP contribution in [0.5, 0.6) is 0 Å². The van der Waals surface area contributed by atoms with Crippen LogP contribution >= 0.6 is 0 Å². The fourth-order valence-corrected chi connectivity index (χ4v) is 1.61. The number of nitrogens with zero attached hydrogens (tertiary/aromatic N) is 1. The van der Waals surface area contributed by atoms with Crippen molar-refractivity contribution in [2.45, 2.75) is 0 Å². The molecule has 0 saturated heterocycles. The summed E-state index contributed by atoms with van der Waals surface area (Å²) in [7, 11) is 0. The zero-order valence-corrected chi connectivity index (χ0v) is 10.5. The lowest BCUT2D eigenvalue weighted by molar-refractivity contribution is 0.0685. The quantitative estimate of drug-likeness (QED) is 0.623.